The van der Waals surface area contributed by atoms with Crippen molar-refractivity contribution in [3.8, 4) is 0 Å². The van der Waals surface area contributed by atoms with Gasteiger partial charge in [-0.25, -0.2) is 0 Å². The third-order valence-electron chi connectivity index (χ3n) is 1.62. The maximum atomic E-state index is 10.6. The molecule has 0 aliphatic rings. The standard InChI is InChI=1S/C9H15NO/c1-6(2)7(3)5-8(4)9(10)11/h6H,1-4H3,(H2,10,11). The fourth-order valence-electron chi connectivity index (χ4n) is 0.502. The lowest BCUT2D eigenvalue weighted by Gasteiger charge is -1.99. The molecule has 0 saturated heterocycles. The Bertz CT molecular complexity index is 220. The topological polar surface area (TPSA) is 43.1 Å². The van der Waals surface area contributed by atoms with Crippen LogP contribution in [0.25, 0.3) is 0 Å². The van der Waals surface area contributed by atoms with Gasteiger partial charge in [-0.2, -0.15) is 0 Å². The number of rotatable bonds is 2. The summed E-state index contributed by atoms with van der Waals surface area (Å²) in [6, 6.07) is 0. The quantitative estimate of drug-likeness (QED) is 0.475. The molecule has 0 saturated carbocycles. The zero-order valence-corrected chi connectivity index (χ0v) is 7.56. The molecule has 0 radical (unpaired) electrons. The highest BCUT2D eigenvalue weighted by molar-refractivity contribution is 5.91. The Hall–Kier alpha value is -1.01. The predicted molar refractivity (Wildman–Crippen MR) is 45.9 cm³/mol. The second kappa shape index (κ2) is 3.99. The molecule has 2 N–H and O–H groups in total. The number of primary amides is 1. The van der Waals surface area contributed by atoms with Gasteiger partial charge in [-0.05, 0) is 25.3 Å². The first-order chi connectivity index (χ1) is 4.95. The van der Waals surface area contributed by atoms with Crippen molar-refractivity contribution in [3.63, 3.8) is 0 Å². The minimum atomic E-state index is -0.398. The fraction of sp³-hybridized carbons (Fsp3) is 0.556. The normalized spacial score (nSPS) is 9.18. The summed E-state index contributed by atoms with van der Waals surface area (Å²) < 4.78 is 0. The van der Waals surface area contributed by atoms with E-state index in [0.29, 0.717) is 11.5 Å². The summed E-state index contributed by atoms with van der Waals surface area (Å²) in [5.41, 5.74) is 9.52. The third kappa shape index (κ3) is 3.64. The molecular formula is C9H15NO. The molecule has 0 aromatic rings. The molecule has 2 nitrogen and oxygen atoms in total. The van der Waals surface area contributed by atoms with Gasteiger partial charge < -0.3 is 5.73 Å². The van der Waals surface area contributed by atoms with E-state index in [0.717, 1.165) is 5.57 Å². The minimum Gasteiger partial charge on any atom is -0.365 e. The summed E-state index contributed by atoms with van der Waals surface area (Å²) in [7, 11) is 0. The molecule has 0 rings (SSSR count). The Morgan fingerprint density at radius 1 is 1.36 bits per heavy atom. The Morgan fingerprint density at radius 2 is 1.82 bits per heavy atom. The van der Waals surface area contributed by atoms with Crippen LogP contribution in [0, 0.1) is 5.92 Å². The molecule has 0 spiro atoms. The van der Waals surface area contributed by atoms with Crippen molar-refractivity contribution >= 4 is 5.91 Å². The van der Waals surface area contributed by atoms with Gasteiger partial charge in [0, 0.05) is 0 Å². The average Bonchev–Trinajstić information content (AvgIpc) is 1.87. The van der Waals surface area contributed by atoms with E-state index in [4.69, 9.17) is 5.73 Å². The number of hydrogen-bond donors (Lipinski definition) is 1. The van der Waals surface area contributed by atoms with Gasteiger partial charge in [0.2, 0.25) is 0 Å². The Morgan fingerprint density at radius 3 is 2.09 bits per heavy atom. The lowest BCUT2D eigenvalue weighted by Crippen LogP contribution is -2.11. The fourth-order valence-corrected chi connectivity index (χ4v) is 0.502. The van der Waals surface area contributed by atoms with E-state index in [9.17, 15) is 4.79 Å². The molecule has 0 fully saturated rings. The van der Waals surface area contributed by atoms with E-state index in [-0.39, 0.29) is 0 Å². The van der Waals surface area contributed by atoms with Gasteiger partial charge in [0.25, 0.3) is 5.91 Å². The average molecular weight is 153 g/mol. The molecule has 11 heavy (non-hydrogen) atoms. The van der Waals surface area contributed by atoms with Gasteiger partial charge in [0.1, 0.15) is 0 Å². The van der Waals surface area contributed by atoms with Gasteiger partial charge in [0.15, 0.2) is 0 Å². The maximum Gasteiger partial charge on any atom is 0.252 e. The molecule has 0 aliphatic heterocycles. The molecule has 62 valence electrons. The predicted octanol–water partition coefficient (Wildman–Crippen LogP) is 1.62. The zero-order valence-electron chi connectivity index (χ0n) is 7.56. The van der Waals surface area contributed by atoms with Crippen LogP contribution < -0.4 is 5.73 Å². The highest BCUT2D eigenvalue weighted by Gasteiger charge is 1.97. The summed E-state index contributed by atoms with van der Waals surface area (Å²) in [4.78, 5) is 10.6. The van der Waals surface area contributed by atoms with Crippen molar-refractivity contribution in [2.75, 3.05) is 0 Å². The highest BCUT2D eigenvalue weighted by Crippen LogP contribution is 2.06. The lowest BCUT2D eigenvalue weighted by molar-refractivity contribution is -0.114. The number of carbonyl (C=O) groups is 1. The van der Waals surface area contributed by atoms with Crippen LogP contribution in [0.2, 0.25) is 0 Å². The largest absolute Gasteiger partial charge is 0.365 e. The molecule has 0 aromatic heterocycles. The van der Waals surface area contributed by atoms with Crippen LogP contribution in [0.1, 0.15) is 27.7 Å². The summed E-state index contributed by atoms with van der Waals surface area (Å²) in [5, 5.41) is 0. The zero-order chi connectivity index (χ0) is 9.02. The van der Waals surface area contributed by atoms with Crippen molar-refractivity contribution < 1.29 is 4.79 Å². The Kier molecular flexibility index (Phi) is 3.63. The maximum absolute atomic E-state index is 10.6. The van der Waals surface area contributed by atoms with Gasteiger partial charge in [-0.15, -0.1) is 5.73 Å². The lowest BCUT2D eigenvalue weighted by atomic mass is 10.1. The van der Waals surface area contributed by atoms with E-state index in [1.54, 1.807) is 6.92 Å². The Balaban J connectivity index is 4.74. The molecule has 2 heteroatoms. The second-order valence-electron chi connectivity index (χ2n) is 2.95. The smallest absolute Gasteiger partial charge is 0.252 e. The monoisotopic (exact) mass is 153 g/mol. The molecule has 0 atom stereocenters. The van der Waals surface area contributed by atoms with Crippen LogP contribution in [-0.4, -0.2) is 5.91 Å². The van der Waals surface area contributed by atoms with Crippen LogP contribution in [0.5, 0.6) is 0 Å². The van der Waals surface area contributed by atoms with E-state index in [1.807, 2.05) is 6.92 Å². The van der Waals surface area contributed by atoms with Crippen LogP contribution >= 0.6 is 0 Å². The molecule has 0 aliphatic carbocycles. The number of carbonyl (C=O) groups excluding carboxylic acids is 1. The SMILES string of the molecule is CC(=C=C(C)C(C)C)C(N)=O. The molecule has 0 aromatic carbocycles. The van der Waals surface area contributed by atoms with Gasteiger partial charge in [-0.3, -0.25) is 4.79 Å². The number of hydrogen-bond acceptors (Lipinski definition) is 1. The van der Waals surface area contributed by atoms with Gasteiger partial charge >= 0.3 is 0 Å². The van der Waals surface area contributed by atoms with E-state index in [2.05, 4.69) is 19.6 Å². The molecule has 1 amide bonds. The summed E-state index contributed by atoms with van der Waals surface area (Å²) in [5.74, 6) is 0.0225. The van der Waals surface area contributed by atoms with Crippen LogP contribution in [0.15, 0.2) is 16.9 Å². The van der Waals surface area contributed by atoms with Gasteiger partial charge in [-0.1, -0.05) is 13.8 Å². The molecule has 0 bridgehead atoms. The van der Waals surface area contributed by atoms with E-state index in [1.165, 1.54) is 0 Å². The molecule has 0 heterocycles. The van der Waals surface area contributed by atoms with Crippen molar-refractivity contribution in [1.82, 2.24) is 0 Å². The molecule has 0 unspecified atom stereocenters. The summed E-state index contributed by atoms with van der Waals surface area (Å²) in [6.45, 7) is 7.72. The second-order valence-corrected chi connectivity index (χ2v) is 2.95. The van der Waals surface area contributed by atoms with Gasteiger partial charge in [0.05, 0.1) is 5.57 Å². The third-order valence-corrected chi connectivity index (χ3v) is 1.62. The Labute approximate surface area is 67.8 Å². The number of amides is 1. The summed E-state index contributed by atoms with van der Waals surface area (Å²) >= 11 is 0. The van der Waals surface area contributed by atoms with Crippen molar-refractivity contribution in [2.24, 2.45) is 11.7 Å². The first-order valence-electron chi connectivity index (χ1n) is 3.69. The van der Waals surface area contributed by atoms with Crippen LogP contribution in [0.3, 0.4) is 0 Å². The highest BCUT2D eigenvalue weighted by atomic mass is 16.1. The first kappa shape index (κ1) is 9.99. The van der Waals surface area contributed by atoms with Crippen LogP contribution in [0.4, 0.5) is 0 Å². The van der Waals surface area contributed by atoms with Crippen molar-refractivity contribution in [3.05, 3.63) is 16.9 Å². The van der Waals surface area contributed by atoms with Crippen molar-refractivity contribution in [1.29, 1.82) is 0 Å². The summed E-state index contributed by atoms with van der Waals surface area (Å²) in [6.07, 6.45) is 0. The van der Waals surface area contributed by atoms with Crippen molar-refractivity contribution in [2.45, 2.75) is 27.7 Å². The first-order valence-corrected chi connectivity index (χ1v) is 3.69. The van der Waals surface area contributed by atoms with E-state index >= 15 is 0 Å². The minimum absolute atomic E-state index is 0.398. The van der Waals surface area contributed by atoms with E-state index < -0.39 is 5.91 Å². The molecular weight excluding hydrogens is 138 g/mol. The van der Waals surface area contributed by atoms with Crippen LogP contribution in [-0.2, 0) is 4.79 Å². The number of nitrogens with two attached hydrogens (primary N) is 1.